The first-order valence-corrected chi connectivity index (χ1v) is 11.8. The van der Waals surface area contributed by atoms with Gasteiger partial charge in [-0.3, -0.25) is 0 Å². The summed E-state index contributed by atoms with van der Waals surface area (Å²) in [5.74, 6) is 1.97. The van der Waals surface area contributed by atoms with E-state index in [-0.39, 0.29) is 19.1 Å². The lowest BCUT2D eigenvalue weighted by atomic mass is 9.90. The quantitative estimate of drug-likeness (QED) is 0.509. The van der Waals surface area contributed by atoms with E-state index in [0.29, 0.717) is 36.7 Å². The van der Waals surface area contributed by atoms with Gasteiger partial charge < -0.3 is 39.0 Å². The average Bonchev–Trinajstić information content (AvgIpc) is 3.36. The van der Waals surface area contributed by atoms with Crippen molar-refractivity contribution in [1.29, 1.82) is 0 Å². The SMILES string of the molecule is CCOc1cc(OC)c(Cc2ccc(O[C@H]3CCOC3)cc2)cc1[C@@H]1O[C@H](CO)C[C@H](O)[C@@H]1O. The average molecular weight is 475 g/mol. The fourth-order valence-electron chi connectivity index (χ4n) is 4.49. The summed E-state index contributed by atoms with van der Waals surface area (Å²) in [5, 5.41) is 30.6. The molecule has 5 atom stereocenters. The highest BCUT2D eigenvalue weighted by molar-refractivity contribution is 5.50. The second-order valence-corrected chi connectivity index (χ2v) is 8.71. The van der Waals surface area contributed by atoms with Crippen molar-refractivity contribution in [3.05, 3.63) is 53.1 Å². The van der Waals surface area contributed by atoms with Crippen molar-refractivity contribution in [1.82, 2.24) is 0 Å². The van der Waals surface area contributed by atoms with Crippen molar-refractivity contribution in [2.24, 2.45) is 0 Å². The number of benzene rings is 2. The summed E-state index contributed by atoms with van der Waals surface area (Å²) in [6.45, 7) is 3.40. The van der Waals surface area contributed by atoms with Gasteiger partial charge in [-0.2, -0.15) is 0 Å². The summed E-state index contributed by atoms with van der Waals surface area (Å²) in [5.41, 5.74) is 2.56. The summed E-state index contributed by atoms with van der Waals surface area (Å²) in [6.07, 6.45) is -1.81. The lowest BCUT2D eigenvalue weighted by molar-refractivity contribution is -0.180. The Labute approximate surface area is 200 Å². The standard InChI is InChI=1S/C26H34O8/c1-3-32-24-13-23(30-2)17(11-21(24)26-25(29)22(28)12-20(14-27)34-26)10-16-4-6-18(7-5-16)33-19-8-9-31-15-19/h4-7,11,13,19-20,22,25-29H,3,8-10,12,14-15H2,1-2H3/t19-,20-,22-,25-,26-/m0/s1. The zero-order chi connectivity index (χ0) is 24.1. The molecule has 0 bridgehead atoms. The molecule has 0 aromatic heterocycles. The van der Waals surface area contributed by atoms with Crippen LogP contribution in [0.2, 0.25) is 0 Å². The molecule has 2 aromatic rings. The molecule has 4 rings (SSSR count). The molecule has 0 spiro atoms. The molecule has 8 nitrogen and oxygen atoms in total. The maximum absolute atomic E-state index is 10.7. The van der Waals surface area contributed by atoms with Crippen LogP contribution < -0.4 is 14.2 Å². The van der Waals surface area contributed by atoms with Crippen LogP contribution >= 0.6 is 0 Å². The number of hydrogen-bond donors (Lipinski definition) is 3. The van der Waals surface area contributed by atoms with Crippen molar-refractivity contribution in [3.8, 4) is 17.2 Å². The topological polar surface area (TPSA) is 107 Å². The van der Waals surface area contributed by atoms with Gasteiger partial charge in [-0.15, -0.1) is 0 Å². The van der Waals surface area contributed by atoms with Gasteiger partial charge in [-0.1, -0.05) is 12.1 Å². The molecule has 0 saturated carbocycles. The zero-order valence-electron chi connectivity index (χ0n) is 19.7. The molecule has 2 heterocycles. The van der Waals surface area contributed by atoms with Gasteiger partial charge in [0.15, 0.2) is 0 Å². The van der Waals surface area contributed by atoms with Crippen molar-refractivity contribution in [3.63, 3.8) is 0 Å². The minimum absolute atomic E-state index is 0.0969. The van der Waals surface area contributed by atoms with Crippen LogP contribution in [0.1, 0.15) is 42.6 Å². The zero-order valence-corrected chi connectivity index (χ0v) is 19.7. The normalized spacial score (nSPS) is 26.9. The molecule has 2 aromatic carbocycles. The number of rotatable bonds is 9. The molecule has 34 heavy (non-hydrogen) atoms. The first-order valence-electron chi connectivity index (χ1n) is 11.8. The van der Waals surface area contributed by atoms with E-state index in [2.05, 4.69) is 0 Å². The van der Waals surface area contributed by atoms with Gasteiger partial charge >= 0.3 is 0 Å². The van der Waals surface area contributed by atoms with Gasteiger partial charge in [0.2, 0.25) is 0 Å². The predicted molar refractivity (Wildman–Crippen MR) is 125 cm³/mol. The van der Waals surface area contributed by atoms with E-state index in [1.54, 1.807) is 13.2 Å². The Morgan fingerprint density at radius 3 is 2.53 bits per heavy atom. The third-order valence-electron chi connectivity index (χ3n) is 6.28. The summed E-state index contributed by atoms with van der Waals surface area (Å²) in [7, 11) is 1.60. The third kappa shape index (κ3) is 5.64. The van der Waals surface area contributed by atoms with E-state index in [1.807, 2.05) is 37.3 Å². The molecular weight excluding hydrogens is 440 g/mol. The van der Waals surface area contributed by atoms with Gasteiger partial charge in [-0.25, -0.2) is 0 Å². The molecule has 3 N–H and O–H groups in total. The van der Waals surface area contributed by atoms with E-state index >= 15 is 0 Å². The number of aliphatic hydroxyl groups excluding tert-OH is 3. The molecular formula is C26H34O8. The third-order valence-corrected chi connectivity index (χ3v) is 6.28. The fraction of sp³-hybridized carbons (Fsp3) is 0.538. The molecule has 0 unspecified atom stereocenters. The highest BCUT2D eigenvalue weighted by Gasteiger charge is 2.39. The highest BCUT2D eigenvalue weighted by atomic mass is 16.5. The number of aliphatic hydroxyl groups is 3. The van der Waals surface area contributed by atoms with Crippen molar-refractivity contribution in [2.45, 2.75) is 56.7 Å². The predicted octanol–water partition coefficient (Wildman–Crippen LogP) is 2.40. The Hall–Kier alpha value is -2.36. The molecule has 0 amide bonds. The molecule has 0 radical (unpaired) electrons. The summed E-state index contributed by atoms with van der Waals surface area (Å²) >= 11 is 0. The van der Waals surface area contributed by atoms with Crippen molar-refractivity contribution >= 4 is 0 Å². The minimum Gasteiger partial charge on any atom is -0.496 e. The second kappa shape index (κ2) is 11.4. The van der Waals surface area contributed by atoms with Gasteiger partial charge in [-0.05, 0) is 36.2 Å². The summed E-state index contributed by atoms with van der Waals surface area (Å²) < 4.78 is 28.7. The van der Waals surface area contributed by atoms with Gasteiger partial charge in [0.25, 0.3) is 0 Å². The summed E-state index contributed by atoms with van der Waals surface area (Å²) in [6, 6.07) is 11.6. The van der Waals surface area contributed by atoms with Crippen LogP contribution in [0.4, 0.5) is 0 Å². The maximum atomic E-state index is 10.7. The van der Waals surface area contributed by atoms with E-state index < -0.39 is 24.4 Å². The molecule has 186 valence electrons. The lowest BCUT2D eigenvalue weighted by Crippen LogP contribution is -2.44. The van der Waals surface area contributed by atoms with E-state index in [0.717, 1.165) is 29.9 Å². The van der Waals surface area contributed by atoms with Gasteiger partial charge in [0, 0.05) is 30.9 Å². The molecule has 2 saturated heterocycles. The smallest absolute Gasteiger partial charge is 0.128 e. The Morgan fingerprint density at radius 1 is 1.09 bits per heavy atom. The lowest BCUT2D eigenvalue weighted by Gasteiger charge is -2.37. The molecule has 2 fully saturated rings. The number of methoxy groups -OCH3 is 1. The van der Waals surface area contributed by atoms with E-state index in [4.69, 9.17) is 23.7 Å². The van der Waals surface area contributed by atoms with Crippen molar-refractivity contribution in [2.75, 3.05) is 33.5 Å². The van der Waals surface area contributed by atoms with Crippen molar-refractivity contribution < 1.29 is 39.0 Å². The van der Waals surface area contributed by atoms with Crippen LogP contribution in [-0.2, 0) is 15.9 Å². The molecule has 0 aliphatic carbocycles. The van der Waals surface area contributed by atoms with Crippen LogP contribution in [-0.4, -0.2) is 73.3 Å². The first-order chi connectivity index (χ1) is 16.5. The van der Waals surface area contributed by atoms with Crippen LogP contribution in [0.5, 0.6) is 17.2 Å². The van der Waals surface area contributed by atoms with E-state index in [1.165, 1.54) is 0 Å². The van der Waals surface area contributed by atoms with Crippen LogP contribution in [0.15, 0.2) is 36.4 Å². The monoisotopic (exact) mass is 474 g/mol. The van der Waals surface area contributed by atoms with Crippen LogP contribution in [0.3, 0.4) is 0 Å². The van der Waals surface area contributed by atoms with Crippen LogP contribution in [0, 0.1) is 0 Å². The van der Waals surface area contributed by atoms with E-state index in [9.17, 15) is 15.3 Å². The summed E-state index contributed by atoms with van der Waals surface area (Å²) in [4.78, 5) is 0. The highest BCUT2D eigenvalue weighted by Crippen LogP contribution is 2.40. The van der Waals surface area contributed by atoms with Gasteiger partial charge in [0.05, 0.1) is 45.7 Å². The Bertz CT molecular complexity index is 925. The number of hydrogen-bond acceptors (Lipinski definition) is 8. The van der Waals surface area contributed by atoms with Gasteiger partial charge in [0.1, 0.15) is 35.6 Å². The fourth-order valence-corrected chi connectivity index (χ4v) is 4.49. The number of ether oxygens (including phenoxy) is 5. The largest absolute Gasteiger partial charge is 0.496 e. The first kappa shape index (κ1) is 24.8. The Balaban J connectivity index is 1.60. The molecule has 2 aliphatic rings. The Kier molecular flexibility index (Phi) is 8.28. The molecule has 8 heteroatoms. The second-order valence-electron chi connectivity index (χ2n) is 8.71. The molecule has 2 aliphatic heterocycles. The van der Waals surface area contributed by atoms with Crippen LogP contribution in [0.25, 0.3) is 0 Å². The minimum atomic E-state index is -1.14. The maximum Gasteiger partial charge on any atom is 0.128 e. The Morgan fingerprint density at radius 2 is 1.88 bits per heavy atom.